The highest BCUT2D eigenvalue weighted by Crippen LogP contribution is 2.15. The van der Waals surface area contributed by atoms with E-state index >= 15 is 0 Å². The zero-order valence-electron chi connectivity index (χ0n) is 9.50. The highest BCUT2D eigenvalue weighted by Gasteiger charge is 2.08. The van der Waals surface area contributed by atoms with Gasteiger partial charge in [0.15, 0.2) is 0 Å². The van der Waals surface area contributed by atoms with Crippen LogP contribution >= 0.6 is 11.6 Å². The van der Waals surface area contributed by atoms with Crippen molar-refractivity contribution in [3.63, 3.8) is 0 Å². The fourth-order valence-corrected chi connectivity index (χ4v) is 1.55. The van der Waals surface area contributed by atoms with Crippen molar-refractivity contribution in [2.24, 2.45) is 0 Å². The van der Waals surface area contributed by atoms with Crippen LogP contribution in [0, 0.1) is 0 Å². The first kappa shape index (κ1) is 12.8. The Balaban J connectivity index is 2.45. The van der Waals surface area contributed by atoms with Crippen LogP contribution in [0.4, 0.5) is 10.5 Å². The summed E-state index contributed by atoms with van der Waals surface area (Å²) in [6, 6.07) is 6.95. The molecule has 0 saturated heterocycles. The van der Waals surface area contributed by atoms with Crippen molar-refractivity contribution in [3.05, 3.63) is 29.3 Å². The van der Waals surface area contributed by atoms with Gasteiger partial charge in [0.05, 0.1) is 0 Å². The zero-order valence-corrected chi connectivity index (χ0v) is 10.3. The van der Waals surface area contributed by atoms with Gasteiger partial charge in [-0.3, -0.25) is 5.32 Å². The molecule has 88 valence electrons. The Labute approximate surface area is 101 Å². The minimum absolute atomic E-state index is 0.0656. The number of benzene rings is 1. The molecule has 0 heterocycles. The van der Waals surface area contributed by atoms with E-state index in [0.29, 0.717) is 10.7 Å². The monoisotopic (exact) mass is 241 g/mol. The molecule has 1 unspecified atom stereocenters. The third kappa shape index (κ3) is 4.53. The fourth-order valence-electron chi connectivity index (χ4n) is 1.36. The number of carbonyl (C=O) groups excluding carboxylic acids is 1. The van der Waals surface area contributed by atoms with Gasteiger partial charge in [0.2, 0.25) is 0 Å². The lowest BCUT2D eigenvalue weighted by Gasteiger charge is -2.12. The smallest absolute Gasteiger partial charge is 0.411 e. The van der Waals surface area contributed by atoms with Crippen molar-refractivity contribution in [2.45, 2.75) is 32.8 Å². The highest BCUT2D eigenvalue weighted by molar-refractivity contribution is 6.30. The number of nitrogens with one attached hydrogen (secondary N) is 1. The Hall–Kier alpha value is -1.22. The van der Waals surface area contributed by atoms with E-state index in [1.54, 1.807) is 24.3 Å². The molecule has 0 saturated carbocycles. The second kappa shape index (κ2) is 6.38. The predicted molar refractivity (Wildman–Crippen MR) is 65.9 cm³/mol. The second-order valence-corrected chi connectivity index (χ2v) is 4.08. The van der Waals surface area contributed by atoms with Crippen LogP contribution in [-0.2, 0) is 4.74 Å². The quantitative estimate of drug-likeness (QED) is 0.863. The summed E-state index contributed by atoms with van der Waals surface area (Å²) < 4.78 is 5.14. The molecule has 0 fully saturated rings. The molecular formula is C12H16ClNO2. The summed E-state index contributed by atoms with van der Waals surface area (Å²) in [5.74, 6) is 0. The van der Waals surface area contributed by atoms with Gasteiger partial charge >= 0.3 is 6.09 Å². The minimum atomic E-state index is -0.441. The van der Waals surface area contributed by atoms with Gasteiger partial charge in [-0.15, -0.1) is 0 Å². The fraction of sp³-hybridized carbons (Fsp3) is 0.417. The first-order valence-corrected chi connectivity index (χ1v) is 5.72. The first-order valence-electron chi connectivity index (χ1n) is 5.35. The maximum absolute atomic E-state index is 11.4. The van der Waals surface area contributed by atoms with Gasteiger partial charge in [-0.2, -0.15) is 0 Å². The maximum atomic E-state index is 11.4. The van der Waals surface area contributed by atoms with E-state index in [0.717, 1.165) is 12.8 Å². The number of carbonyl (C=O) groups is 1. The molecule has 4 heteroatoms. The molecule has 1 aromatic carbocycles. The lowest BCUT2D eigenvalue weighted by atomic mass is 10.2. The molecule has 1 aromatic rings. The number of hydrogen-bond acceptors (Lipinski definition) is 2. The van der Waals surface area contributed by atoms with Gasteiger partial charge in [0.25, 0.3) is 0 Å². The largest absolute Gasteiger partial charge is 0.446 e. The van der Waals surface area contributed by atoms with E-state index in [1.807, 2.05) is 6.92 Å². The molecule has 0 aliphatic carbocycles. The molecule has 3 nitrogen and oxygen atoms in total. The van der Waals surface area contributed by atoms with Gasteiger partial charge < -0.3 is 4.74 Å². The summed E-state index contributed by atoms with van der Waals surface area (Å²) in [5.41, 5.74) is 0.640. The predicted octanol–water partition coefficient (Wildman–Crippen LogP) is 4.08. The normalized spacial score (nSPS) is 11.9. The van der Waals surface area contributed by atoms with Crippen molar-refractivity contribution in [2.75, 3.05) is 5.32 Å². The Morgan fingerprint density at radius 1 is 1.56 bits per heavy atom. The molecule has 0 aromatic heterocycles. The standard InChI is InChI=1S/C12H16ClNO2/c1-3-5-9(2)16-12(15)14-11-7-4-6-10(13)8-11/h4,6-9H,3,5H2,1-2H3,(H,14,15). The summed E-state index contributed by atoms with van der Waals surface area (Å²) in [6.45, 7) is 3.93. The maximum Gasteiger partial charge on any atom is 0.411 e. The molecule has 0 aliphatic heterocycles. The summed E-state index contributed by atoms with van der Waals surface area (Å²) in [5, 5.41) is 3.21. The lowest BCUT2D eigenvalue weighted by molar-refractivity contribution is 0.115. The average Bonchev–Trinajstić information content (AvgIpc) is 2.17. The lowest BCUT2D eigenvalue weighted by Crippen LogP contribution is -2.19. The van der Waals surface area contributed by atoms with Crippen LogP contribution in [-0.4, -0.2) is 12.2 Å². The van der Waals surface area contributed by atoms with Crippen LogP contribution in [0.2, 0.25) is 5.02 Å². The molecule has 1 rings (SSSR count). The van der Waals surface area contributed by atoms with Gasteiger partial charge in [0, 0.05) is 10.7 Å². The van der Waals surface area contributed by atoms with Crippen molar-refractivity contribution >= 4 is 23.4 Å². The number of amides is 1. The van der Waals surface area contributed by atoms with E-state index in [-0.39, 0.29) is 6.10 Å². The van der Waals surface area contributed by atoms with E-state index in [1.165, 1.54) is 0 Å². The summed E-state index contributed by atoms with van der Waals surface area (Å²) in [4.78, 5) is 11.4. The number of rotatable bonds is 4. The Morgan fingerprint density at radius 2 is 2.31 bits per heavy atom. The molecule has 1 amide bonds. The Morgan fingerprint density at radius 3 is 2.94 bits per heavy atom. The van der Waals surface area contributed by atoms with Crippen molar-refractivity contribution in [1.29, 1.82) is 0 Å². The highest BCUT2D eigenvalue weighted by atomic mass is 35.5. The van der Waals surface area contributed by atoms with E-state index in [2.05, 4.69) is 12.2 Å². The van der Waals surface area contributed by atoms with Crippen molar-refractivity contribution in [1.82, 2.24) is 0 Å². The third-order valence-corrected chi connectivity index (χ3v) is 2.31. The third-order valence-electron chi connectivity index (χ3n) is 2.07. The van der Waals surface area contributed by atoms with Crippen molar-refractivity contribution < 1.29 is 9.53 Å². The second-order valence-electron chi connectivity index (χ2n) is 3.64. The number of anilines is 1. The average molecular weight is 242 g/mol. The van der Waals surface area contributed by atoms with Gasteiger partial charge in [-0.05, 0) is 31.5 Å². The van der Waals surface area contributed by atoms with Crippen LogP contribution < -0.4 is 5.32 Å². The van der Waals surface area contributed by atoms with Gasteiger partial charge in [-0.25, -0.2) is 4.79 Å². The molecule has 0 bridgehead atoms. The van der Waals surface area contributed by atoms with Crippen LogP contribution in [0.1, 0.15) is 26.7 Å². The molecule has 0 radical (unpaired) electrons. The van der Waals surface area contributed by atoms with Gasteiger partial charge in [0.1, 0.15) is 6.10 Å². The van der Waals surface area contributed by atoms with Crippen LogP contribution in [0.25, 0.3) is 0 Å². The topological polar surface area (TPSA) is 38.3 Å². The minimum Gasteiger partial charge on any atom is -0.446 e. The number of halogens is 1. The molecule has 16 heavy (non-hydrogen) atoms. The van der Waals surface area contributed by atoms with Crippen molar-refractivity contribution in [3.8, 4) is 0 Å². The molecule has 0 aliphatic rings. The summed E-state index contributed by atoms with van der Waals surface area (Å²) >= 11 is 5.79. The van der Waals surface area contributed by atoms with E-state index < -0.39 is 6.09 Å². The number of hydrogen-bond donors (Lipinski definition) is 1. The molecule has 0 spiro atoms. The van der Waals surface area contributed by atoms with Crippen LogP contribution in [0.5, 0.6) is 0 Å². The van der Waals surface area contributed by atoms with Crippen LogP contribution in [0.3, 0.4) is 0 Å². The van der Waals surface area contributed by atoms with E-state index in [4.69, 9.17) is 16.3 Å². The summed E-state index contributed by atoms with van der Waals surface area (Å²) in [6.07, 6.45) is 1.35. The zero-order chi connectivity index (χ0) is 12.0. The molecule has 1 atom stereocenters. The Bertz CT molecular complexity index is 355. The van der Waals surface area contributed by atoms with Gasteiger partial charge in [-0.1, -0.05) is 31.0 Å². The summed E-state index contributed by atoms with van der Waals surface area (Å²) in [7, 11) is 0. The van der Waals surface area contributed by atoms with E-state index in [9.17, 15) is 4.79 Å². The first-order chi connectivity index (χ1) is 7.61. The molecule has 1 N–H and O–H groups in total. The van der Waals surface area contributed by atoms with Crippen LogP contribution in [0.15, 0.2) is 24.3 Å². The Kier molecular flexibility index (Phi) is 5.12. The number of ether oxygens (including phenoxy) is 1. The molecular weight excluding hydrogens is 226 g/mol. The SMILES string of the molecule is CCCC(C)OC(=O)Nc1cccc(Cl)c1.